The number of hydrogen-bond acceptors (Lipinski definition) is 6. The van der Waals surface area contributed by atoms with Crippen LogP contribution in [0.15, 0.2) is 82.7 Å². The summed E-state index contributed by atoms with van der Waals surface area (Å²) in [5, 5.41) is 5.40. The third-order valence-electron chi connectivity index (χ3n) is 7.69. The van der Waals surface area contributed by atoms with Crippen LogP contribution < -0.4 is 10.9 Å². The third kappa shape index (κ3) is 9.22. The van der Waals surface area contributed by atoms with Crippen LogP contribution in [0.5, 0.6) is 0 Å². The Balaban J connectivity index is 1.43. The summed E-state index contributed by atoms with van der Waals surface area (Å²) in [5.74, 6) is 0.0326. The van der Waals surface area contributed by atoms with Gasteiger partial charge in [-0.15, -0.1) is 0 Å². The van der Waals surface area contributed by atoms with E-state index in [0.717, 1.165) is 49.9 Å². The SMILES string of the molecule is CCCCN(Cc1cccc(C(N)=NC(=O)OC2CCN(C)CC2)c1)C(=O)Cc1ccc(-c2ccccc2S(N)(=O)=O)cc1. The highest BCUT2D eigenvalue weighted by atomic mass is 32.2. The lowest BCUT2D eigenvalue weighted by Gasteiger charge is -2.27. The van der Waals surface area contributed by atoms with Gasteiger partial charge in [0, 0.05) is 37.3 Å². The topological polar surface area (TPSA) is 148 Å². The van der Waals surface area contributed by atoms with Crippen molar-refractivity contribution in [2.24, 2.45) is 15.9 Å². The standard InChI is InChI=1S/C33H41N5O5S/c1-3-4-18-38(31(39)22-24-12-14-26(15-13-24)29-10-5-6-11-30(29)44(35,41)42)23-25-8-7-9-27(21-25)32(34)36-33(40)43-28-16-19-37(2)20-17-28/h5-15,21,28H,3-4,16-20,22-23H2,1-2H3,(H2,34,36,40)(H2,35,41,42). The van der Waals surface area contributed by atoms with Crippen molar-refractivity contribution in [1.82, 2.24) is 9.80 Å². The number of hydrogen-bond donors (Lipinski definition) is 2. The van der Waals surface area contributed by atoms with Crippen molar-refractivity contribution in [3.05, 3.63) is 89.5 Å². The first-order chi connectivity index (χ1) is 21.0. The molecule has 1 saturated heterocycles. The first-order valence-electron chi connectivity index (χ1n) is 14.8. The molecule has 0 radical (unpaired) electrons. The van der Waals surface area contributed by atoms with Crippen molar-refractivity contribution in [1.29, 1.82) is 0 Å². The van der Waals surface area contributed by atoms with Crippen LogP contribution in [0.2, 0.25) is 0 Å². The molecule has 0 bridgehead atoms. The van der Waals surface area contributed by atoms with Crippen molar-refractivity contribution >= 4 is 27.9 Å². The van der Waals surface area contributed by atoms with Crippen LogP contribution in [0.25, 0.3) is 11.1 Å². The van der Waals surface area contributed by atoms with Crippen LogP contribution >= 0.6 is 0 Å². The minimum atomic E-state index is -3.88. The van der Waals surface area contributed by atoms with E-state index in [-0.39, 0.29) is 29.2 Å². The van der Waals surface area contributed by atoms with Gasteiger partial charge in [0.2, 0.25) is 15.9 Å². The highest BCUT2D eigenvalue weighted by Crippen LogP contribution is 2.27. The fraction of sp³-hybridized carbons (Fsp3) is 0.364. The first-order valence-corrected chi connectivity index (χ1v) is 16.4. The Hall–Kier alpha value is -4.06. The van der Waals surface area contributed by atoms with E-state index in [9.17, 15) is 18.0 Å². The number of amides is 2. The van der Waals surface area contributed by atoms with Gasteiger partial charge in [-0.3, -0.25) is 4.79 Å². The Kier molecular flexibility index (Phi) is 11.3. The molecular weight excluding hydrogens is 578 g/mol. The number of nitrogens with zero attached hydrogens (tertiary/aromatic N) is 3. The van der Waals surface area contributed by atoms with Crippen LogP contribution in [-0.2, 0) is 32.5 Å². The fourth-order valence-electron chi connectivity index (χ4n) is 5.17. The van der Waals surface area contributed by atoms with Crippen molar-refractivity contribution < 1.29 is 22.7 Å². The molecule has 1 fully saturated rings. The van der Waals surface area contributed by atoms with Gasteiger partial charge in [-0.1, -0.05) is 74.0 Å². The van der Waals surface area contributed by atoms with E-state index in [1.807, 2.05) is 42.3 Å². The molecule has 4 rings (SSSR count). The van der Waals surface area contributed by atoms with Crippen molar-refractivity contribution in [2.45, 2.75) is 56.6 Å². The largest absolute Gasteiger partial charge is 0.444 e. The number of unbranched alkanes of at least 4 members (excludes halogenated alkanes) is 1. The molecule has 0 unspecified atom stereocenters. The summed E-state index contributed by atoms with van der Waals surface area (Å²) < 4.78 is 29.6. The van der Waals surface area contributed by atoms with Crippen molar-refractivity contribution in [3.63, 3.8) is 0 Å². The summed E-state index contributed by atoms with van der Waals surface area (Å²) in [6.45, 7) is 4.77. The molecule has 1 heterocycles. The second-order valence-electron chi connectivity index (χ2n) is 11.2. The highest BCUT2D eigenvalue weighted by molar-refractivity contribution is 7.89. The summed E-state index contributed by atoms with van der Waals surface area (Å²) in [6.07, 6.45) is 2.65. The molecule has 2 amide bonds. The molecule has 0 aromatic heterocycles. The lowest BCUT2D eigenvalue weighted by Crippen LogP contribution is -2.35. The number of amidine groups is 1. The zero-order valence-corrected chi connectivity index (χ0v) is 26.1. The van der Waals surface area contributed by atoms with Gasteiger partial charge in [0.05, 0.1) is 11.3 Å². The van der Waals surface area contributed by atoms with Gasteiger partial charge in [0.25, 0.3) is 0 Å². The molecule has 1 aliphatic heterocycles. The molecule has 44 heavy (non-hydrogen) atoms. The lowest BCUT2D eigenvalue weighted by molar-refractivity contribution is -0.131. The molecule has 0 atom stereocenters. The smallest absolute Gasteiger partial charge is 0.435 e. The number of nitrogens with two attached hydrogens (primary N) is 2. The number of piperidine rings is 1. The molecular formula is C33H41N5O5S. The number of rotatable bonds is 11. The van der Waals surface area contributed by atoms with Gasteiger partial charge in [-0.2, -0.15) is 4.99 Å². The minimum absolute atomic E-state index is 0.0371. The molecule has 0 aliphatic carbocycles. The summed E-state index contributed by atoms with van der Waals surface area (Å²) >= 11 is 0. The molecule has 11 heteroatoms. The lowest BCUT2D eigenvalue weighted by atomic mass is 10.0. The predicted molar refractivity (Wildman–Crippen MR) is 171 cm³/mol. The Morgan fingerprint density at radius 3 is 2.39 bits per heavy atom. The maximum absolute atomic E-state index is 13.5. The van der Waals surface area contributed by atoms with Gasteiger partial charge >= 0.3 is 6.09 Å². The molecule has 4 N–H and O–H groups in total. The Labute approximate surface area is 259 Å². The maximum atomic E-state index is 13.5. The first kappa shape index (κ1) is 32.8. The number of aliphatic imine (C=N–C) groups is 1. The Bertz CT molecular complexity index is 1580. The van der Waals surface area contributed by atoms with Gasteiger partial charge in [0.1, 0.15) is 11.9 Å². The summed E-state index contributed by atoms with van der Waals surface area (Å²) in [7, 11) is -1.84. The van der Waals surface area contributed by atoms with Gasteiger partial charge < -0.3 is 20.3 Å². The summed E-state index contributed by atoms with van der Waals surface area (Å²) in [5.41, 5.74) is 9.63. The molecule has 234 valence electrons. The van der Waals surface area contributed by atoms with Crippen LogP contribution in [0, 0.1) is 0 Å². The number of likely N-dealkylation sites (tertiary alicyclic amines) is 1. The van der Waals surface area contributed by atoms with E-state index < -0.39 is 16.1 Å². The molecule has 0 spiro atoms. The van der Waals surface area contributed by atoms with E-state index in [2.05, 4.69) is 16.8 Å². The normalized spacial score (nSPS) is 14.8. The quantitative estimate of drug-likeness (QED) is 0.240. The second-order valence-corrected chi connectivity index (χ2v) is 12.7. The van der Waals surface area contributed by atoms with Gasteiger partial charge in [-0.05, 0) is 55.1 Å². The van der Waals surface area contributed by atoms with Gasteiger partial charge in [0.15, 0.2) is 0 Å². The number of ether oxygens (including phenoxy) is 1. The van der Waals surface area contributed by atoms with Crippen LogP contribution in [-0.4, -0.2) is 68.8 Å². The molecule has 0 saturated carbocycles. The molecule has 3 aromatic rings. The number of carbonyl (C=O) groups excluding carboxylic acids is 2. The average molecular weight is 620 g/mol. The average Bonchev–Trinajstić information content (AvgIpc) is 3.00. The predicted octanol–water partition coefficient (Wildman–Crippen LogP) is 4.31. The fourth-order valence-corrected chi connectivity index (χ4v) is 5.93. The number of carbonyl (C=O) groups is 2. The zero-order chi connectivity index (χ0) is 31.7. The zero-order valence-electron chi connectivity index (χ0n) is 25.3. The second kappa shape index (κ2) is 15.1. The van der Waals surface area contributed by atoms with E-state index in [1.54, 1.807) is 36.4 Å². The molecule has 1 aliphatic rings. The molecule has 3 aromatic carbocycles. The number of benzene rings is 3. The summed E-state index contributed by atoms with van der Waals surface area (Å²) in [6, 6.07) is 21.2. The van der Waals surface area contributed by atoms with E-state index in [4.69, 9.17) is 15.6 Å². The minimum Gasteiger partial charge on any atom is -0.444 e. The highest BCUT2D eigenvalue weighted by Gasteiger charge is 2.21. The van der Waals surface area contributed by atoms with Crippen LogP contribution in [0.3, 0.4) is 0 Å². The monoisotopic (exact) mass is 619 g/mol. The molecule has 10 nitrogen and oxygen atoms in total. The Morgan fingerprint density at radius 1 is 1.00 bits per heavy atom. The van der Waals surface area contributed by atoms with E-state index in [1.165, 1.54) is 6.07 Å². The van der Waals surface area contributed by atoms with Crippen LogP contribution in [0.1, 0.15) is 49.3 Å². The number of sulfonamides is 1. The Morgan fingerprint density at radius 2 is 1.70 bits per heavy atom. The van der Waals surface area contributed by atoms with Crippen molar-refractivity contribution in [2.75, 3.05) is 26.7 Å². The summed E-state index contributed by atoms with van der Waals surface area (Å²) in [4.78, 5) is 33.9. The van der Waals surface area contributed by atoms with E-state index >= 15 is 0 Å². The maximum Gasteiger partial charge on any atom is 0.435 e. The number of primary sulfonamides is 1. The van der Waals surface area contributed by atoms with Crippen molar-refractivity contribution in [3.8, 4) is 11.1 Å². The van der Waals surface area contributed by atoms with Crippen LogP contribution in [0.4, 0.5) is 4.79 Å². The van der Waals surface area contributed by atoms with E-state index in [0.29, 0.717) is 29.8 Å². The third-order valence-corrected chi connectivity index (χ3v) is 8.66. The van der Waals surface area contributed by atoms with Gasteiger partial charge in [-0.25, -0.2) is 18.4 Å².